The summed E-state index contributed by atoms with van der Waals surface area (Å²) in [5.74, 6) is 1.39. The first-order chi connectivity index (χ1) is 8.70. The lowest BCUT2D eigenvalue weighted by atomic mass is 9.95. The summed E-state index contributed by atoms with van der Waals surface area (Å²) < 4.78 is 0. The van der Waals surface area contributed by atoms with Crippen molar-refractivity contribution in [1.29, 1.82) is 5.26 Å². The molecule has 3 nitrogen and oxygen atoms in total. The van der Waals surface area contributed by atoms with Crippen molar-refractivity contribution < 1.29 is 0 Å². The molecular weight excluding hydrogens is 246 g/mol. The van der Waals surface area contributed by atoms with Crippen LogP contribution in [0.25, 0.3) is 0 Å². The Hall–Kier alpha value is -1.24. The standard InChI is InChI=1S/C14H16ClN3/c1-9-13-7-17-6-11(13)8-18(9)14-4-12(15)3-2-10(14)5-16/h2-4,9,11,13,17H,6-8H2,1H3. The third-order valence-corrected chi connectivity index (χ3v) is 4.56. The van der Waals surface area contributed by atoms with Crippen molar-refractivity contribution in [1.82, 2.24) is 5.32 Å². The quantitative estimate of drug-likeness (QED) is 0.843. The normalized spacial score (nSPS) is 30.3. The number of hydrogen-bond acceptors (Lipinski definition) is 3. The molecule has 1 aromatic rings. The fourth-order valence-corrected chi connectivity index (χ4v) is 3.49. The highest BCUT2D eigenvalue weighted by Gasteiger charge is 2.42. The van der Waals surface area contributed by atoms with Crippen LogP contribution < -0.4 is 10.2 Å². The van der Waals surface area contributed by atoms with E-state index in [1.54, 1.807) is 6.07 Å². The number of benzene rings is 1. The summed E-state index contributed by atoms with van der Waals surface area (Å²) in [5, 5.41) is 13.4. The number of hydrogen-bond donors (Lipinski definition) is 1. The zero-order chi connectivity index (χ0) is 12.7. The molecule has 2 aliphatic rings. The molecule has 3 unspecified atom stereocenters. The average Bonchev–Trinajstić information content (AvgIpc) is 2.93. The number of fused-ring (bicyclic) bond motifs is 1. The number of nitrogens with one attached hydrogen (secondary N) is 1. The van der Waals surface area contributed by atoms with Gasteiger partial charge in [-0.25, -0.2) is 0 Å². The molecule has 0 radical (unpaired) electrons. The molecule has 0 bridgehead atoms. The van der Waals surface area contributed by atoms with Crippen molar-refractivity contribution in [2.45, 2.75) is 13.0 Å². The van der Waals surface area contributed by atoms with E-state index >= 15 is 0 Å². The van der Waals surface area contributed by atoms with Crippen LogP contribution in [0.4, 0.5) is 5.69 Å². The van der Waals surface area contributed by atoms with Gasteiger partial charge in [0.15, 0.2) is 0 Å². The molecule has 1 aromatic carbocycles. The Labute approximate surface area is 112 Å². The number of nitriles is 1. The van der Waals surface area contributed by atoms with E-state index in [1.807, 2.05) is 12.1 Å². The molecule has 3 atom stereocenters. The largest absolute Gasteiger partial charge is 0.367 e. The van der Waals surface area contributed by atoms with E-state index in [4.69, 9.17) is 11.6 Å². The topological polar surface area (TPSA) is 39.1 Å². The first-order valence-electron chi connectivity index (χ1n) is 6.37. The van der Waals surface area contributed by atoms with E-state index in [0.717, 1.165) is 30.9 Å². The van der Waals surface area contributed by atoms with Gasteiger partial charge >= 0.3 is 0 Å². The first-order valence-corrected chi connectivity index (χ1v) is 6.75. The van der Waals surface area contributed by atoms with Crippen LogP contribution >= 0.6 is 11.6 Å². The second-order valence-corrected chi connectivity index (χ2v) is 5.68. The number of rotatable bonds is 1. The van der Waals surface area contributed by atoms with Crippen LogP contribution in [0.2, 0.25) is 5.02 Å². The van der Waals surface area contributed by atoms with Crippen molar-refractivity contribution in [2.24, 2.45) is 11.8 Å². The SMILES string of the molecule is CC1C2CNCC2CN1c1cc(Cl)ccc1C#N. The fourth-order valence-electron chi connectivity index (χ4n) is 3.32. The molecule has 0 aromatic heterocycles. The smallest absolute Gasteiger partial charge is 0.101 e. The molecule has 2 fully saturated rings. The molecule has 3 rings (SSSR count). The molecule has 0 amide bonds. The second kappa shape index (κ2) is 4.46. The van der Waals surface area contributed by atoms with Crippen molar-refractivity contribution >= 4 is 17.3 Å². The van der Waals surface area contributed by atoms with Crippen LogP contribution in [-0.2, 0) is 0 Å². The van der Waals surface area contributed by atoms with Gasteiger partial charge in [-0.15, -0.1) is 0 Å². The van der Waals surface area contributed by atoms with E-state index in [1.165, 1.54) is 0 Å². The molecule has 1 N–H and O–H groups in total. The molecule has 0 saturated carbocycles. The maximum Gasteiger partial charge on any atom is 0.101 e. The Kier molecular flexibility index (Phi) is 2.93. The van der Waals surface area contributed by atoms with Gasteiger partial charge in [-0.3, -0.25) is 0 Å². The van der Waals surface area contributed by atoms with Crippen LogP contribution in [0, 0.1) is 23.2 Å². The van der Waals surface area contributed by atoms with Crippen LogP contribution in [0.5, 0.6) is 0 Å². The lowest BCUT2D eigenvalue weighted by Crippen LogP contribution is -2.33. The summed E-state index contributed by atoms with van der Waals surface area (Å²) in [7, 11) is 0. The third kappa shape index (κ3) is 1.77. The van der Waals surface area contributed by atoms with Gasteiger partial charge < -0.3 is 10.2 Å². The average molecular weight is 262 g/mol. The van der Waals surface area contributed by atoms with E-state index < -0.39 is 0 Å². The highest BCUT2D eigenvalue weighted by Crippen LogP contribution is 2.37. The Morgan fingerprint density at radius 3 is 3.00 bits per heavy atom. The summed E-state index contributed by atoms with van der Waals surface area (Å²) in [6.07, 6.45) is 0. The van der Waals surface area contributed by atoms with Crippen LogP contribution in [-0.4, -0.2) is 25.7 Å². The first kappa shape index (κ1) is 11.8. The zero-order valence-electron chi connectivity index (χ0n) is 10.4. The zero-order valence-corrected chi connectivity index (χ0v) is 11.1. The molecular formula is C14H16ClN3. The predicted molar refractivity (Wildman–Crippen MR) is 72.8 cm³/mol. The summed E-state index contributed by atoms with van der Waals surface area (Å²) in [6, 6.07) is 8.26. The van der Waals surface area contributed by atoms with Crippen molar-refractivity contribution in [3.63, 3.8) is 0 Å². The Bertz CT molecular complexity index is 508. The van der Waals surface area contributed by atoms with Crippen LogP contribution in [0.1, 0.15) is 12.5 Å². The van der Waals surface area contributed by atoms with Crippen molar-refractivity contribution in [2.75, 3.05) is 24.5 Å². The van der Waals surface area contributed by atoms with Crippen LogP contribution in [0.3, 0.4) is 0 Å². The fraction of sp³-hybridized carbons (Fsp3) is 0.500. The minimum atomic E-state index is 0.468. The van der Waals surface area contributed by atoms with Gasteiger partial charge in [-0.2, -0.15) is 5.26 Å². The van der Waals surface area contributed by atoms with Gasteiger partial charge in [0.05, 0.1) is 11.3 Å². The Morgan fingerprint density at radius 1 is 1.44 bits per heavy atom. The van der Waals surface area contributed by atoms with Crippen LogP contribution in [0.15, 0.2) is 18.2 Å². The van der Waals surface area contributed by atoms with Crippen molar-refractivity contribution in [3.8, 4) is 6.07 Å². The van der Waals surface area contributed by atoms with Crippen molar-refractivity contribution in [3.05, 3.63) is 28.8 Å². The van der Waals surface area contributed by atoms with Gasteiger partial charge in [0.1, 0.15) is 6.07 Å². The van der Waals surface area contributed by atoms with Gasteiger partial charge in [0.2, 0.25) is 0 Å². The highest BCUT2D eigenvalue weighted by molar-refractivity contribution is 6.30. The molecule has 2 heterocycles. The van der Waals surface area contributed by atoms with Gasteiger partial charge in [-0.05, 0) is 37.0 Å². The molecule has 0 spiro atoms. The monoisotopic (exact) mass is 261 g/mol. The summed E-state index contributed by atoms with van der Waals surface area (Å²) in [5.41, 5.74) is 1.71. The maximum absolute atomic E-state index is 9.23. The molecule has 4 heteroatoms. The molecule has 2 saturated heterocycles. The molecule has 18 heavy (non-hydrogen) atoms. The summed E-state index contributed by atoms with van der Waals surface area (Å²) in [6.45, 7) is 5.45. The summed E-state index contributed by atoms with van der Waals surface area (Å²) >= 11 is 6.07. The number of anilines is 1. The molecule has 94 valence electrons. The third-order valence-electron chi connectivity index (χ3n) is 4.32. The van der Waals surface area contributed by atoms with E-state index in [-0.39, 0.29) is 0 Å². The Balaban J connectivity index is 1.96. The lowest BCUT2D eigenvalue weighted by molar-refractivity contribution is 0.471. The van der Waals surface area contributed by atoms with Gasteiger partial charge in [-0.1, -0.05) is 11.6 Å². The molecule has 2 aliphatic heterocycles. The maximum atomic E-state index is 9.23. The number of nitrogens with zero attached hydrogens (tertiary/aromatic N) is 2. The minimum absolute atomic E-state index is 0.468. The predicted octanol–water partition coefficient (Wildman–Crippen LogP) is 2.26. The molecule has 0 aliphatic carbocycles. The minimum Gasteiger partial charge on any atom is -0.367 e. The van der Waals surface area contributed by atoms with Gasteiger partial charge in [0.25, 0.3) is 0 Å². The van der Waals surface area contributed by atoms with E-state index in [9.17, 15) is 5.26 Å². The van der Waals surface area contributed by atoms with E-state index in [2.05, 4.69) is 23.2 Å². The lowest BCUT2D eigenvalue weighted by Gasteiger charge is -2.27. The second-order valence-electron chi connectivity index (χ2n) is 5.25. The van der Waals surface area contributed by atoms with Gasteiger partial charge in [0, 0.05) is 30.7 Å². The number of halogens is 1. The highest BCUT2D eigenvalue weighted by atomic mass is 35.5. The Morgan fingerprint density at radius 2 is 2.28 bits per heavy atom. The summed E-state index contributed by atoms with van der Waals surface area (Å²) in [4.78, 5) is 2.35. The van der Waals surface area contributed by atoms with E-state index in [0.29, 0.717) is 22.9 Å².